The Kier molecular flexibility index (Phi) is 5.74. The van der Waals surface area contributed by atoms with Crippen molar-refractivity contribution in [2.45, 2.75) is 38.7 Å². The van der Waals surface area contributed by atoms with Gasteiger partial charge in [0.25, 0.3) is 0 Å². The summed E-state index contributed by atoms with van der Waals surface area (Å²) in [6.07, 6.45) is 5.97. The number of rotatable bonds is 0. The van der Waals surface area contributed by atoms with Gasteiger partial charge in [-0.25, -0.2) is 0 Å². The molecule has 0 N–H and O–H groups in total. The fourth-order valence-corrected chi connectivity index (χ4v) is 8.46. The van der Waals surface area contributed by atoms with E-state index in [-0.39, 0.29) is 0 Å². The average Bonchev–Trinajstić information content (AvgIpc) is 2.06. The number of nitrogens with zero attached hydrogens (tertiary/aromatic N) is 1. The van der Waals surface area contributed by atoms with Gasteiger partial charge in [-0.2, -0.15) is 0 Å². The van der Waals surface area contributed by atoms with Gasteiger partial charge in [0.15, 0.2) is 0 Å². The standard InChI is InChI=1S/C9H19N.CH3.In/c1-4-6-8-10(3)9-7-5-2;;/h1-2,4-9H2,3H3;1H3;. The number of hydrogen-bond donors (Lipinski definition) is 0. The van der Waals surface area contributed by atoms with Crippen LogP contribution in [-0.4, -0.2) is 46.5 Å². The van der Waals surface area contributed by atoms with Crippen molar-refractivity contribution >= 4 is 21.4 Å². The van der Waals surface area contributed by atoms with Crippen molar-refractivity contribution in [1.82, 2.24) is 4.90 Å². The first-order valence-corrected chi connectivity index (χ1v) is 13.4. The summed E-state index contributed by atoms with van der Waals surface area (Å²) in [5.74, 6) is 0. The minimum atomic E-state index is -0.889. The van der Waals surface area contributed by atoms with Gasteiger partial charge in [-0.3, -0.25) is 0 Å². The van der Waals surface area contributed by atoms with E-state index in [0.717, 1.165) is 0 Å². The zero-order valence-corrected chi connectivity index (χ0v) is 12.0. The van der Waals surface area contributed by atoms with Crippen LogP contribution >= 0.6 is 0 Å². The first-order chi connectivity index (χ1) is 5.79. The van der Waals surface area contributed by atoms with Crippen molar-refractivity contribution < 1.29 is 0 Å². The van der Waals surface area contributed by atoms with Crippen molar-refractivity contribution in [2.75, 3.05) is 20.1 Å². The Labute approximate surface area is 85.1 Å². The fraction of sp³-hybridized carbons (Fsp3) is 1.00. The molecule has 12 heavy (non-hydrogen) atoms. The van der Waals surface area contributed by atoms with E-state index < -0.39 is 21.4 Å². The van der Waals surface area contributed by atoms with Gasteiger partial charge < -0.3 is 0 Å². The predicted molar refractivity (Wildman–Crippen MR) is 57.2 cm³/mol. The molecule has 1 aliphatic rings. The van der Waals surface area contributed by atoms with E-state index in [0.29, 0.717) is 0 Å². The van der Waals surface area contributed by atoms with Gasteiger partial charge >= 0.3 is 85.2 Å². The molecule has 1 aliphatic heterocycles. The Morgan fingerprint density at radius 1 is 0.917 bits per heavy atom. The first-order valence-electron chi connectivity index (χ1n) is 5.47. The van der Waals surface area contributed by atoms with Gasteiger partial charge in [0, 0.05) is 0 Å². The molecule has 0 radical (unpaired) electrons. The maximum absolute atomic E-state index is 2.62. The van der Waals surface area contributed by atoms with E-state index in [1.165, 1.54) is 38.8 Å². The molecule has 0 saturated carbocycles. The van der Waals surface area contributed by atoms with Crippen LogP contribution in [0.15, 0.2) is 0 Å². The minimum absolute atomic E-state index is 0.889. The average molecular weight is 271 g/mol. The molecule has 70 valence electrons. The van der Waals surface area contributed by atoms with Gasteiger partial charge in [0.1, 0.15) is 0 Å². The molecule has 1 saturated heterocycles. The summed E-state index contributed by atoms with van der Waals surface area (Å²) in [6, 6.07) is 0. The van der Waals surface area contributed by atoms with Crippen LogP contribution < -0.4 is 0 Å². The monoisotopic (exact) mass is 271 g/mol. The van der Waals surface area contributed by atoms with Crippen LogP contribution in [0.25, 0.3) is 0 Å². The first kappa shape index (κ1) is 10.9. The quantitative estimate of drug-likeness (QED) is 0.654. The molecule has 0 aromatic heterocycles. The molecule has 0 bridgehead atoms. The van der Waals surface area contributed by atoms with E-state index in [2.05, 4.69) is 16.6 Å². The molecule has 1 rings (SSSR count). The summed E-state index contributed by atoms with van der Waals surface area (Å²) in [4.78, 5) is 2.51. The SMILES string of the molecule is CN1CCC[CH2][In]([CH3])[CH2]CCC1. The second kappa shape index (κ2) is 6.31. The van der Waals surface area contributed by atoms with Crippen LogP contribution in [0.3, 0.4) is 0 Å². The summed E-state index contributed by atoms with van der Waals surface area (Å²) in [6.45, 7) is 2.69. The topological polar surface area (TPSA) is 3.24 Å². The third kappa shape index (κ3) is 4.76. The van der Waals surface area contributed by atoms with Crippen LogP contribution in [0.1, 0.15) is 25.7 Å². The van der Waals surface area contributed by atoms with Gasteiger partial charge in [-0.15, -0.1) is 0 Å². The third-order valence-electron chi connectivity index (χ3n) is 2.97. The third-order valence-corrected chi connectivity index (χ3v) is 10.9. The molecule has 0 aromatic carbocycles. The van der Waals surface area contributed by atoms with Crippen molar-refractivity contribution in [3.63, 3.8) is 0 Å². The van der Waals surface area contributed by atoms with E-state index >= 15 is 0 Å². The van der Waals surface area contributed by atoms with Crippen molar-refractivity contribution in [3.05, 3.63) is 0 Å². The normalized spacial score (nSPS) is 24.0. The zero-order valence-electron chi connectivity index (χ0n) is 8.68. The molecule has 2 heteroatoms. The molecule has 1 heterocycles. The molecule has 1 fully saturated rings. The van der Waals surface area contributed by atoms with E-state index in [1.807, 2.05) is 0 Å². The second-order valence-corrected chi connectivity index (χ2v) is 14.0. The van der Waals surface area contributed by atoms with Crippen molar-refractivity contribution in [1.29, 1.82) is 0 Å². The van der Waals surface area contributed by atoms with Crippen molar-refractivity contribution in [2.24, 2.45) is 0 Å². The molecule has 0 unspecified atom stereocenters. The van der Waals surface area contributed by atoms with Crippen LogP contribution in [0, 0.1) is 0 Å². The van der Waals surface area contributed by atoms with Crippen LogP contribution in [-0.2, 0) is 0 Å². The summed E-state index contributed by atoms with van der Waals surface area (Å²) in [5, 5.41) is 0. The second-order valence-electron chi connectivity index (χ2n) is 4.40. The molecule has 0 aromatic rings. The van der Waals surface area contributed by atoms with Crippen LogP contribution in [0.4, 0.5) is 0 Å². The Bertz CT molecular complexity index is 90.4. The zero-order chi connectivity index (χ0) is 8.81. The fourth-order valence-electron chi connectivity index (χ4n) is 2.01. The van der Waals surface area contributed by atoms with Gasteiger partial charge in [-0.1, -0.05) is 0 Å². The van der Waals surface area contributed by atoms with Crippen LogP contribution in [0.5, 0.6) is 0 Å². The maximum atomic E-state index is 2.62. The summed E-state index contributed by atoms with van der Waals surface area (Å²) in [7, 11) is 2.27. The molecule has 0 atom stereocenters. The Hall–Kier alpha value is 0.830. The molecule has 1 nitrogen and oxygen atoms in total. The van der Waals surface area contributed by atoms with Crippen LogP contribution in [0.2, 0.25) is 13.0 Å². The van der Waals surface area contributed by atoms with E-state index in [4.69, 9.17) is 0 Å². The molecular weight excluding hydrogens is 249 g/mol. The molecule has 0 aliphatic carbocycles. The van der Waals surface area contributed by atoms with Gasteiger partial charge in [-0.05, 0) is 0 Å². The van der Waals surface area contributed by atoms with Crippen molar-refractivity contribution in [3.8, 4) is 0 Å². The van der Waals surface area contributed by atoms with E-state index in [1.54, 1.807) is 8.35 Å². The summed E-state index contributed by atoms with van der Waals surface area (Å²) < 4.78 is 5.94. The predicted octanol–water partition coefficient (Wildman–Crippen LogP) is 2.62. The Balaban J connectivity index is 2.20. The van der Waals surface area contributed by atoms with Gasteiger partial charge in [0.2, 0.25) is 0 Å². The summed E-state index contributed by atoms with van der Waals surface area (Å²) >= 11 is -0.889. The molecular formula is C10H22InN. The van der Waals surface area contributed by atoms with Gasteiger partial charge in [0.05, 0.1) is 0 Å². The van der Waals surface area contributed by atoms with E-state index in [9.17, 15) is 0 Å². The Morgan fingerprint density at radius 2 is 1.42 bits per heavy atom. The summed E-state index contributed by atoms with van der Waals surface area (Å²) in [5.41, 5.74) is 0. The molecule has 0 amide bonds. The molecule has 0 spiro atoms. The Morgan fingerprint density at radius 3 is 1.92 bits per heavy atom. The number of hydrogen-bond acceptors (Lipinski definition) is 1.